The lowest BCUT2D eigenvalue weighted by Gasteiger charge is -2.31. The number of fused-ring (bicyclic) bond motifs is 1. The zero-order valence-electron chi connectivity index (χ0n) is 20.0. The smallest absolute Gasteiger partial charge is 0.388 e. The van der Waals surface area contributed by atoms with Gasteiger partial charge in [0.15, 0.2) is 0 Å². The molecule has 0 unspecified atom stereocenters. The van der Waals surface area contributed by atoms with Crippen molar-refractivity contribution >= 4 is 33.9 Å². The lowest BCUT2D eigenvalue weighted by molar-refractivity contribution is -0.140. The second-order valence-corrected chi connectivity index (χ2v) is 9.14. The maximum absolute atomic E-state index is 13.4. The summed E-state index contributed by atoms with van der Waals surface area (Å²) in [5.41, 5.74) is 2.24. The van der Waals surface area contributed by atoms with E-state index in [-0.39, 0.29) is 18.0 Å². The summed E-state index contributed by atoms with van der Waals surface area (Å²) in [5.74, 6) is -0.110. The molecule has 1 aliphatic carbocycles. The van der Waals surface area contributed by atoms with E-state index in [1.807, 2.05) is 43.3 Å². The van der Waals surface area contributed by atoms with E-state index in [1.165, 1.54) is 0 Å². The molecular weight excluding hydrogens is 455 g/mol. The number of pyridine rings is 1. The van der Waals surface area contributed by atoms with Gasteiger partial charge in [-0.15, -0.1) is 0 Å². The first-order valence-electron chi connectivity index (χ1n) is 11.7. The lowest BCUT2D eigenvalue weighted by Crippen LogP contribution is -2.40. The molecule has 3 N–H and O–H groups in total. The molecule has 1 aromatic heterocycles. The summed E-state index contributed by atoms with van der Waals surface area (Å²) >= 11 is 0. The highest BCUT2D eigenvalue weighted by molar-refractivity contribution is 5.95. The van der Waals surface area contributed by atoms with E-state index in [9.17, 15) is 18.0 Å². The van der Waals surface area contributed by atoms with Crippen molar-refractivity contribution in [2.45, 2.75) is 43.9 Å². The molecule has 0 aliphatic heterocycles. The summed E-state index contributed by atoms with van der Waals surface area (Å²) in [7, 11) is 5.65. The number of halogens is 3. The molecule has 1 heterocycles. The molecule has 1 saturated carbocycles. The van der Waals surface area contributed by atoms with Crippen LogP contribution in [0.2, 0.25) is 0 Å². The highest BCUT2D eigenvalue weighted by Gasteiger charge is 2.34. The van der Waals surface area contributed by atoms with Gasteiger partial charge in [0.2, 0.25) is 0 Å². The Morgan fingerprint density at radius 3 is 2.23 bits per heavy atom. The molecule has 2 aromatic carbocycles. The van der Waals surface area contributed by atoms with Crippen LogP contribution in [0, 0.1) is 0 Å². The molecular formula is C26H30F3N5O. The van der Waals surface area contributed by atoms with Gasteiger partial charge in [-0.3, -0.25) is 4.79 Å². The molecule has 0 saturated heterocycles. The first-order chi connectivity index (χ1) is 16.6. The number of benzene rings is 2. The Kier molecular flexibility index (Phi) is 7.05. The SMILES string of the molecule is CNc1ccc2nc(C(F)(F)F)cc(NC3CCC(NC(=O)c4ccc(N(C)C)cc4)CC3)c2c1. The van der Waals surface area contributed by atoms with Crippen molar-refractivity contribution in [2.24, 2.45) is 0 Å². The van der Waals surface area contributed by atoms with E-state index >= 15 is 0 Å². The first kappa shape index (κ1) is 24.6. The number of alkyl halides is 3. The molecule has 1 aliphatic rings. The Morgan fingerprint density at radius 1 is 0.971 bits per heavy atom. The standard InChI is InChI=1S/C26H30F3N5O/c1-30-19-10-13-22-21(14-19)23(15-24(33-22)26(27,28)29)31-17-6-8-18(9-7-17)32-25(35)16-4-11-20(12-5-16)34(2)3/h4-5,10-15,17-18,30H,6-9H2,1-3H3,(H,31,33)(H,32,35). The molecule has 35 heavy (non-hydrogen) atoms. The molecule has 0 spiro atoms. The fraction of sp³-hybridized carbons (Fsp3) is 0.385. The highest BCUT2D eigenvalue weighted by Crippen LogP contribution is 2.35. The van der Waals surface area contributed by atoms with Gasteiger partial charge in [0, 0.05) is 61.2 Å². The number of carbonyl (C=O) groups is 1. The van der Waals surface area contributed by atoms with Gasteiger partial charge in [0.05, 0.1) is 5.52 Å². The van der Waals surface area contributed by atoms with E-state index in [4.69, 9.17) is 0 Å². The van der Waals surface area contributed by atoms with E-state index in [2.05, 4.69) is 20.9 Å². The third kappa shape index (κ3) is 5.78. The summed E-state index contributed by atoms with van der Waals surface area (Å²) in [5, 5.41) is 10.1. The fourth-order valence-corrected chi connectivity index (χ4v) is 4.43. The van der Waals surface area contributed by atoms with Crippen LogP contribution in [-0.2, 0) is 6.18 Å². The van der Waals surface area contributed by atoms with Crippen molar-refractivity contribution in [3.63, 3.8) is 0 Å². The van der Waals surface area contributed by atoms with Gasteiger partial charge >= 0.3 is 6.18 Å². The number of nitrogens with zero attached hydrogens (tertiary/aromatic N) is 2. The van der Waals surface area contributed by atoms with Gasteiger partial charge in [-0.25, -0.2) is 4.98 Å². The average molecular weight is 486 g/mol. The van der Waals surface area contributed by atoms with Gasteiger partial charge in [0.1, 0.15) is 5.69 Å². The molecule has 6 nitrogen and oxygen atoms in total. The summed E-state index contributed by atoms with van der Waals surface area (Å²) in [6.07, 6.45) is -1.56. The Hall–Kier alpha value is -3.49. The minimum atomic E-state index is -4.53. The number of anilines is 3. The van der Waals surface area contributed by atoms with Crippen molar-refractivity contribution in [3.8, 4) is 0 Å². The van der Waals surface area contributed by atoms with Gasteiger partial charge in [-0.1, -0.05) is 0 Å². The molecule has 3 aromatic rings. The van der Waals surface area contributed by atoms with Gasteiger partial charge in [-0.2, -0.15) is 13.2 Å². The van der Waals surface area contributed by atoms with E-state index in [0.29, 0.717) is 22.2 Å². The van der Waals surface area contributed by atoms with Crippen LogP contribution in [-0.4, -0.2) is 44.1 Å². The Labute approximate surface area is 202 Å². The normalized spacial score (nSPS) is 18.2. The van der Waals surface area contributed by atoms with Crippen molar-refractivity contribution < 1.29 is 18.0 Å². The predicted molar refractivity (Wildman–Crippen MR) is 134 cm³/mol. The number of nitrogens with one attached hydrogen (secondary N) is 3. The van der Waals surface area contributed by atoms with Crippen LogP contribution in [0.25, 0.3) is 10.9 Å². The van der Waals surface area contributed by atoms with Crippen LogP contribution in [0.4, 0.5) is 30.2 Å². The quantitative estimate of drug-likeness (QED) is 0.429. The maximum Gasteiger partial charge on any atom is 0.433 e. The predicted octanol–water partition coefficient (Wildman–Crippen LogP) is 5.51. The van der Waals surface area contributed by atoms with Crippen LogP contribution >= 0.6 is 0 Å². The Bertz CT molecular complexity index is 1190. The zero-order chi connectivity index (χ0) is 25.2. The van der Waals surface area contributed by atoms with Crippen molar-refractivity contribution in [2.75, 3.05) is 36.7 Å². The topological polar surface area (TPSA) is 69.3 Å². The number of amides is 1. The van der Waals surface area contributed by atoms with E-state index in [1.54, 1.807) is 25.2 Å². The van der Waals surface area contributed by atoms with E-state index < -0.39 is 11.9 Å². The van der Waals surface area contributed by atoms with Crippen molar-refractivity contribution in [1.29, 1.82) is 0 Å². The number of aromatic nitrogens is 1. The van der Waals surface area contributed by atoms with Crippen LogP contribution < -0.4 is 20.9 Å². The number of rotatable bonds is 6. The number of hydrogen-bond acceptors (Lipinski definition) is 5. The second kappa shape index (κ2) is 10.0. The van der Waals surface area contributed by atoms with Crippen LogP contribution in [0.15, 0.2) is 48.5 Å². The number of hydrogen-bond donors (Lipinski definition) is 3. The molecule has 1 fully saturated rings. The summed E-state index contributed by atoms with van der Waals surface area (Å²) < 4.78 is 40.3. The van der Waals surface area contributed by atoms with Crippen molar-refractivity contribution in [3.05, 3.63) is 59.8 Å². The summed E-state index contributed by atoms with van der Waals surface area (Å²) in [6.45, 7) is 0. The molecule has 186 valence electrons. The molecule has 9 heteroatoms. The lowest BCUT2D eigenvalue weighted by atomic mass is 9.90. The Morgan fingerprint density at radius 2 is 1.63 bits per heavy atom. The largest absolute Gasteiger partial charge is 0.433 e. The fourth-order valence-electron chi connectivity index (χ4n) is 4.43. The van der Waals surface area contributed by atoms with Gasteiger partial charge in [0.25, 0.3) is 5.91 Å². The molecule has 4 rings (SSSR count). The van der Waals surface area contributed by atoms with Gasteiger partial charge in [-0.05, 0) is 74.2 Å². The third-order valence-electron chi connectivity index (χ3n) is 6.46. The Balaban J connectivity index is 1.42. The molecule has 0 atom stereocenters. The highest BCUT2D eigenvalue weighted by atomic mass is 19.4. The maximum atomic E-state index is 13.4. The van der Waals surface area contributed by atoms with E-state index in [0.717, 1.165) is 43.1 Å². The van der Waals surface area contributed by atoms with Crippen LogP contribution in [0.1, 0.15) is 41.7 Å². The summed E-state index contributed by atoms with van der Waals surface area (Å²) in [6, 6.07) is 13.7. The summed E-state index contributed by atoms with van der Waals surface area (Å²) in [4.78, 5) is 18.4. The second-order valence-electron chi connectivity index (χ2n) is 9.14. The molecule has 0 radical (unpaired) electrons. The molecule has 1 amide bonds. The minimum Gasteiger partial charge on any atom is -0.388 e. The minimum absolute atomic E-state index is 0.00690. The monoisotopic (exact) mass is 485 g/mol. The number of carbonyl (C=O) groups excluding carboxylic acids is 1. The average Bonchev–Trinajstić information content (AvgIpc) is 2.84. The molecule has 0 bridgehead atoms. The van der Waals surface area contributed by atoms with Crippen LogP contribution in [0.3, 0.4) is 0 Å². The third-order valence-corrected chi connectivity index (χ3v) is 6.46. The van der Waals surface area contributed by atoms with Crippen molar-refractivity contribution in [1.82, 2.24) is 10.3 Å². The zero-order valence-corrected chi connectivity index (χ0v) is 20.0. The van der Waals surface area contributed by atoms with Crippen LogP contribution in [0.5, 0.6) is 0 Å². The van der Waals surface area contributed by atoms with Gasteiger partial charge < -0.3 is 20.9 Å². The first-order valence-corrected chi connectivity index (χ1v) is 11.7.